The minimum Gasteiger partial charge on any atom is -0.368 e. The summed E-state index contributed by atoms with van der Waals surface area (Å²) in [5.74, 6) is -0.378. The maximum Gasteiger partial charge on any atom is 0.236 e. The van der Waals surface area contributed by atoms with Crippen molar-refractivity contribution in [2.45, 2.75) is 0 Å². The van der Waals surface area contributed by atoms with Gasteiger partial charge in [0.05, 0.1) is 18.2 Å². The minimum absolute atomic E-state index is 0.173. The van der Waals surface area contributed by atoms with Crippen LogP contribution >= 0.6 is 0 Å². The van der Waals surface area contributed by atoms with E-state index in [0.29, 0.717) is 5.56 Å². The van der Waals surface area contributed by atoms with Gasteiger partial charge in [-0.1, -0.05) is 0 Å². The topological polar surface area (TPSA) is 70.1 Å². The van der Waals surface area contributed by atoms with E-state index in [1.165, 1.54) is 0 Å². The summed E-state index contributed by atoms with van der Waals surface area (Å²) in [4.78, 5) is 12.4. The fourth-order valence-corrected chi connectivity index (χ4v) is 1.12. The average Bonchev–Trinajstić information content (AvgIpc) is 2.17. The molecule has 0 spiro atoms. The molecule has 0 aliphatic rings. The Kier molecular flexibility index (Phi) is 3.08. The van der Waals surface area contributed by atoms with Gasteiger partial charge in [-0.05, 0) is 24.3 Å². The summed E-state index contributed by atoms with van der Waals surface area (Å²) >= 11 is 0. The van der Waals surface area contributed by atoms with Gasteiger partial charge < -0.3 is 10.6 Å². The normalized spacial score (nSPS) is 9.14. The second-order valence-corrected chi connectivity index (χ2v) is 2.98. The molecule has 0 fully saturated rings. The van der Waals surface area contributed by atoms with Gasteiger partial charge in [-0.3, -0.25) is 4.79 Å². The zero-order valence-corrected chi connectivity index (χ0v) is 7.90. The summed E-state index contributed by atoms with van der Waals surface area (Å²) < 4.78 is 0. The van der Waals surface area contributed by atoms with E-state index in [0.717, 1.165) is 5.69 Å². The van der Waals surface area contributed by atoms with E-state index < -0.39 is 0 Å². The first-order chi connectivity index (χ1) is 6.63. The summed E-state index contributed by atoms with van der Waals surface area (Å²) in [5.41, 5.74) is 6.52. The number of hydrogen-bond donors (Lipinski definition) is 1. The minimum atomic E-state index is -0.378. The number of hydrogen-bond acceptors (Lipinski definition) is 3. The molecule has 1 amide bonds. The van der Waals surface area contributed by atoms with Crippen LogP contribution in [-0.2, 0) is 4.79 Å². The van der Waals surface area contributed by atoms with Gasteiger partial charge in [-0.2, -0.15) is 5.26 Å². The lowest BCUT2D eigenvalue weighted by Crippen LogP contribution is -2.30. The molecule has 0 aromatic heterocycles. The first kappa shape index (κ1) is 10.1. The van der Waals surface area contributed by atoms with Gasteiger partial charge in [-0.25, -0.2) is 0 Å². The van der Waals surface area contributed by atoms with Crippen LogP contribution in [-0.4, -0.2) is 19.5 Å². The van der Waals surface area contributed by atoms with Crippen molar-refractivity contribution in [3.8, 4) is 6.07 Å². The Hall–Kier alpha value is -2.02. The lowest BCUT2D eigenvalue weighted by Gasteiger charge is -2.16. The zero-order valence-electron chi connectivity index (χ0n) is 7.90. The Balaban J connectivity index is 2.77. The molecule has 0 saturated heterocycles. The number of carbonyl (C=O) groups excluding carboxylic acids is 1. The smallest absolute Gasteiger partial charge is 0.236 e. The first-order valence-electron chi connectivity index (χ1n) is 4.13. The largest absolute Gasteiger partial charge is 0.368 e. The third kappa shape index (κ3) is 2.49. The Morgan fingerprint density at radius 3 is 2.50 bits per heavy atom. The van der Waals surface area contributed by atoms with Crippen LogP contribution in [0.4, 0.5) is 5.69 Å². The van der Waals surface area contributed by atoms with Crippen LogP contribution in [0, 0.1) is 11.3 Å². The van der Waals surface area contributed by atoms with Crippen molar-refractivity contribution in [3.63, 3.8) is 0 Å². The molecule has 0 saturated carbocycles. The maximum atomic E-state index is 10.6. The van der Waals surface area contributed by atoms with Crippen molar-refractivity contribution < 1.29 is 4.79 Å². The number of likely N-dealkylation sites (N-methyl/N-ethyl adjacent to an activating group) is 1. The lowest BCUT2D eigenvalue weighted by atomic mass is 10.2. The number of nitrogens with zero attached hydrogens (tertiary/aromatic N) is 2. The van der Waals surface area contributed by atoms with E-state index in [-0.39, 0.29) is 12.5 Å². The number of nitrogens with two attached hydrogens (primary N) is 1. The molecule has 0 aliphatic heterocycles. The Morgan fingerprint density at radius 2 is 2.07 bits per heavy atom. The van der Waals surface area contributed by atoms with Crippen molar-refractivity contribution in [2.24, 2.45) is 5.73 Å². The monoisotopic (exact) mass is 189 g/mol. The van der Waals surface area contributed by atoms with Crippen molar-refractivity contribution in [1.82, 2.24) is 0 Å². The highest BCUT2D eigenvalue weighted by Gasteiger charge is 2.03. The van der Waals surface area contributed by atoms with Gasteiger partial charge in [0.15, 0.2) is 0 Å². The first-order valence-corrected chi connectivity index (χ1v) is 4.13. The lowest BCUT2D eigenvalue weighted by molar-refractivity contribution is -0.116. The predicted octanol–water partition coefficient (Wildman–Crippen LogP) is 0.480. The highest BCUT2D eigenvalue weighted by Crippen LogP contribution is 2.12. The van der Waals surface area contributed by atoms with Gasteiger partial charge in [0.2, 0.25) is 5.91 Å². The van der Waals surface area contributed by atoms with Crippen LogP contribution in [0.1, 0.15) is 5.56 Å². The Morgan fingerprint density at radius 1 is 1.50 bits per heavy atom. The molecule has 4 heteroatoms. The van der Waals surface area contributed by atoms with Gasteiger partial charge in [-0.15, -0.1) is 0 Å². The maximum absolute atomic E-state index is 10.6. The van der Waals surface area contributed by atoms with E-state index in [2.05, 4.69) is 0 Å². The van der Waals surface area contributed by atoms with E-state index in [1.807, 2.05) is 6.07 Å². The predicted molar refractivity (Wildman–Crippen MR) is 53.6 cm³/mol. The summed E-state index contributed by atoms with van der Waals surface area (Å²) in [7, 11) is 1.77. The molecule has 14 heavy (non-hydrogen) atoms. The van der Waals surface area contributed by atoms with Gasteiger partial charge in [0.25, 0.3) is 0 Å². The number of amides is 1. The second-order valence-electron chi connectivity index (χ2n) is 2.98. The highest BCUT2D eigenvalue weighted by atomic mass is 16.1. The van der Waals surface area contributed by atoms with Crippen LogP contribution in [0.25, 0.3) is 0 Å². The highest BCUT2D eigenvalue weighted by molar-refractivity contribution is 5.79. The molecule has 0 heterocycles. The molecule has 1 rings (SSSR count). The van der Waals surface area contributed by atoms with Crippen molar-refractivity contribution in [2.75, 3.05) is 18.5 Å². The Bertz CT molecular complexity index is 364. The van der Waals surface area contributed by atoms with Gasteiger partial charge in [0.1, 0.15) is 0 Å². The number of benzene rings is 1. The SMILES string of the molecule is CN(CC(N)=O)c1ccc(C#N)cc1. The van der Waals surface area contributed by atoms with E-state index >= 15 is 0 Å². The third-order valence-corrected chi connectivity index (χ3v) is 1.83. The fourth-order valence-electron chi connectivity index (χ4n) is 1.12. The molecule has 2 N–H and O–H groups in total. The number of nitriles is 1. The molecule has 1 aromatic rings. The molecule has 0 unspecified atom stereocenters. The van der Waals surface area contributed by atoms with E-state index in [1.54, 1.807) is 36.2 Å². The number of rotatable bonds is 3. The van der Waals surface area contributed by atoms with Crippen molar-refractivity contribution in [1.29, 1.82) is 5.26 Å². The van der Waals surface area contributed by atoms with Crippen molar-refractivity contribution in [3.05, 3.63) is 29.8 Å². The van der Waals surface area contributed by atoms with Crippen LogP contribution in [0.15, 0.2) is 24.3 Å². The number of anilines is 1. The molecular weight excluding hydrogens is 178 g/mol. The standard InChI is InChI=1S/C10H11N3O/c1-13(7-10(12)14)9-4-2-8(6-11)3-5-9/h2-5H,7H2,1H3,(H2,12,14). The molecule has 72 valence electrons. The number of carbonyl (C=O) groups is 1. The zero-order chi connectivity index (χ0) is 10.6. The average molecular weight is 189 g/mol. The molecule has 0 radical (unpaired) electrons. The molecule has 0 bridgehead atoms. The second kappa shape index (κ2) is 4.28. The Labute approximate surface area is 82.5 Å². The van der Waals surface area contributed by atoms with E-state index in [9.17, 15) is 4.79 Å². The van der Waals surface area contributed by atoms with Crippen LogP contribution in [0.3, 0.4) is 0 Å². The summed E-state index contributed by atoms with van der Waals surface area (Å²) in [5, 5.41) is 8.57. The van der Waals surface area contributed by atoms with Crippen LogP contribution < -0.4 is 10.6 Å². The van der Waals surface area contributed by atoms with E-state index in [4.69, 9.17) is 11.0 Å². The quantitative estimate of drug-likeness (QED) is 0.751. The summed E-state index contributed by atoms with van der Waals surface area (Å²) in [6, 6.07) is 8.98. The molecule has 0 aliphatic carbocycles. The van der Waals surface area contributed by atoms with Crippen LogP contribution in [0.5, 0.6) is 0 Å². The summed E-state index contributed by atoms with van der Waals surface area (Å²) in [6.45, 7) is 0.173. The van der Waals surface area contributed by atoms with Gasteiger partial charge >= 0.3 is 0 Å². The fraction of sp³-hybridized carbons (Fsp3) is 0.200. The molecule has 1 aromatic carbocycles. The molecule has 4 nitrogen and oxygen atoms in total. The van der Waals surface area contributed by atoms with Gasteiger partial charge in [0, 0.05) is 12.7 Å². The molecular formula is C10H11N3O. The summed E-state index contributed by atoms with van der Waals surface area (Å²) in [6.07, 6.45) is 0. The van der Waals surface area contributed by atoms with Crippen molar-refractivity contribution >= 4 is 11.6 Å². The third-order valence-electron chi connectivity index (χ3n) is 1.83. The number of primary amides is 1. The van der Waals surface area contributed by atoms with Crippen LogP contribution in [0.2, 0.25) is 0 Å². The molecule has 0 atom stereocenters.